The average molecular weight is 499 g/mol. The molecule has 166 valence electrons. The molecule has 0 spiro atoms. The Bertz CT molecular complexity index is 1220. The van der Waals surface area contributed by atoms with Crippen LogP contribution in [0.15, 0.2) is 52.0 Å². The molecular formula is C23H23BrN4O4. The highest BCUT2D eigenvalue weighted by Gasteiger charge is 2.22. The highest BCUT2D eigenvalue weighted by atomic mass is 79.9. The minimum Gasteiger partial charge on any atom is -0.486 e. The summed E-state index contributed by atoms with van der Waals surface area (Å²) in [7, 11) is 0. The summed E-state index contributed by atoms with van der Waals surface area (Å²) in [5, 5.41) is 0.499. The van der Waals surface area contributed by atoms with Crippen LogP contribution in [0, 0.1) is 0 Å². The summed E-state index contributed by atoms with van der Waals surface area (Å²) in [5.74, 6) is 1.52. The molecule has 2 aliphatic heterocycles. The molecule has 0 aliphatic carbocycles. The SMILES string of the molecule is O=C(Cn1cnc2ccc(Br)cc2c1=O)N1CCN(Cc2ccc3c(c2)OCCO3)CC1. The number of piperazine rings is 1. The van der Waals surface area contributed by atoms with Gasteiger partial charge in [-0.1, -0.05) is 22.0 Å². The van der Waals surface area contributed by atoms with Gasteiger partial charge >= 0.3 is 0 Å². The number of rotatable bonds is 4. The van der Waals surface area contributed by atoms with E-state index in [1.165, 1.54) is 10.9 Å². The number of halogens is 1. The van der Waals surface area contributed by atoms with Crippen molar-refractivity contribution in [1.82, 2.24) is 19.4 Å². The first kappa shape index (κ1) is 21.0. The second-order valence-corrected chi connectivity index (χ2v) is 8.89. The Morgan fingerprint density at radius 2 is 1.78 bits per heavy atom. The number of ether oxygens (including phenoxy) is 2. The van der Waals surface area contributed by atoms with Gasteiger partial charge in [0, 0.05) is 37.2 Å². The Morgan fingerprint density at radius 1 is 1.00 bits per heavy atom. The van der Waals surface area contributed by atoms with Gasteiger partial charge in [-0.3, -0.25) is 19.1 Å². The van der Waals surface area contributed by atoms with E-state index >= 15 is 0 Å². The van der Waals surface area contributed by atoms with Crippen LogP contribution in [-0.4, -0.2) is 64.7 Å². The van der Waals surface area contributed by atoms with Gasteiger partial charge in [0.2, 0.25) is 5.91 Å². The van der Waals surface area contributed by atoms with Crippen molar-refractivity contribution in [2.24, 2.45) is 0 Å². The number of aromatic nitrogens is 2. The van der Waals surface area contributed by atoms with E-state index in [0.717, 1.165) is 41.2 Å². The van der Waals surface area contributed by atoms with Gasteiger partial charge in [0.15, 0.2) is 11.5 Å². The number of carbonyl (C=O) groups is 1. The van der Waals surface area contributed by atoms with Gasteiger partial charge in [0.1, 0.15) is 19.8 Å². The molecule has 32 heavy (non-hydrogen) atoms. The van der Waals surface area contributed by atoms with Gasteiger partial charge in [-0.25, -0.2) is 4.98 Å². The molecule has 1 aromatic heterocycles. The third-order valence-corrected chi connectivity index (χ3v) is 6.32. The Balaban J connectivity index is 1.19. The van der Waals surface area contributed by atoms with E-state index in [-0.39, 0.29) is 18.0 Å². The van der Waals surface area contributed by atoms with E-state index in [0.29, 0.717) is 37.2 Å². The van der Waals surface area contributed by atoms with Crippen molar-refractivity contribution in [3.05, 3.63) is 63.1 Å². The van der Waals surface area contributed by atoms with Gasteiger partial charge in [-0.2, -0.15) is 0 Å². The zero-order valence-corrected chi connectivity index (χ0v) is 19.1. The molecule has 0 atom stereocenters. The van der Waals surface area contributed by atoms with Crippen LogP contribution >= 0.6 is 15.9 Å². The van der Waals surface area contributed by atoms with Gasteiger partial charge in [0.05, 0.1) is 17.2 Å². The number of nitrogens with zero attached hydrogens (tertiary/aromatic N) is 4. The summed E-state index contributed by atoms with van der Waals surface area (Å²) in [5.41, 5.74) is 1.57. The molecule has 1 saturated heterocycles. The van der Waals surface area contributed by atoms with Crippen LogP contribution in [0.25, 0.3) is 10.9 Å². The van der Waals surface area contributed by atoms with Crippen LogP contribution in [0.1, 0.15) is 5.56 Å². The summed E-state index contributed by atoms with van der Waals surface area (Å²) in [6.07, 6.45) is 1.45. The van der Waals surface area contributed by atoms with Gasteiger partial charge in [-0.15, -0.1) is 0 Å². The topological polar surface area (TPSA) is 76.9 Å². The third-order valence-electron chi connectivity index (χ3n) is 5.83. The predicted octanol–water partition coefficient (Wildman–Crippen LogP) is 2.27. The fourth-order valence-electron chi connectivity index (χ4n) is 4.09. The van der Waals surface area contributed by atoms with Crippen LogP contribution in [0.5, 0.6) is 11.5 Å². The largest absolute Gasteiger partial charge is 0.486 e. The quantitative estimate of drug-likeness (QED) is 0.549. The van der Waals surface area contributed by atoms with E-state index < -0.39 is 0 Å². The first-order valence-corrected chi connectivity index (χ1v) is 11.4. The number of amides is 1. The average Bonchev–Trinajstić information content (AvgIpc) is 2.81. The molecule has 2 aromatic carbocycles. The summed E-state index contributed by atoms with van der Waals surface area (Å²) in [4.78, 5) is 34.0. The molecule has 0 bridgehead atoms. The van der Waals surface area contributed by atoms with Crippen LogP contribution in [0.4, 0.5) is 0 Å². The van der Waals surface area contributed by atoms with Crippen LogP contribution in [-0.2, 0) is 17.9 Å². The highest BCUT2D eigenvalue weighted by molar-refractivity contribution is 9.10. The molecule has 3 heterocycles. The van der Waals surface area contributed by atoms with Crippen LogP contribution in [0.2, 0.25) is 0 Å². The first-order valence-electron chi connectivity index (χ1n) is 10.6. The number of hydrogen-bond donors (Lipinski definition) is 0. The maximum Gasteiger partial charge on any atom is 0.261 e. The van der Waals surface area contributed by atoms with E-state index in [1.54, 1.807) is 12.1 Å². The van der Waals surface area contributed by atoms with Crippen molar-refractivity contribution >= 4 is 32.7 Å². The monoisotopic (exact) mass is 498 g/mol. The highest BCUT2D eigenvalue weighted by Crippen LogP contribution is 2.31. The minimum absolute atomic E-state index is 0.00352. The van der Waals surface area contributed by atoms with Crippen molar-refractivity contribution in [1.29, 1.82) is 0 Å². The molecule has 8 nitrogen and oxygen atoms in total. The summed E-state index contributed by atoms with van der Waals surface area (Å²) < 4.78 is 13.4. The molecule has 0 unspecified atom stereocenters. The summed E-state index contributed by atoms with van der Waals surface area (Å²) >= 11 is 3.38. The lowest BCUT2D eigenvalue weighted by atomic mass is 10.1. The standard InChI is InChI=1S/C23H23BrN4O4/c24-17-2-3-19-18(12-17)23(30)28(15-25-19)14-22(29)27-7-5-26(6-8-27)13-16-1-4-20-21(11-16)32-10-9-31-20/h1-4,11-12,15H,5-10,13-14H2. The van der Waals surface area contributed by atoms with Crippen molar-refractivity contribution in [3.8, 4) is 11.5 Å². The molecular weight excluding hydrogens is 476 g/mol. The molecule has 5 rings (SSSR count). The van der Waals surface area contributed by atoms with E-state index in [9.17, 15) is 9.59 Å². The van der Waals surface area contributed by atoms with Crippen molar-refractivity contribution in [2.45, 2.75) is 13.1 Å². The minimum atomic E-state index is -0.207. The maximum absolute atomic E-state index is 12.8. The van der Waals surface area contributed by atoms with Crippen molar-refractivity contribution < 1.29 is 14.3 Å². The number of carbonyl (C=O) groups excluding carboxylic acids is 1. The molecule has 3 aromatic rings. The molecule has 0 N–H and O–H groups in total. The molecule has 9 heteroatoms. The lowest BCUT2D eigenvalue weighted by Crippen LogP contribution is -2.49. The molecule has 0 radical (unpaired) electrons. The molecule has 2 aliphatic rings. The number of hydrogen-bond acceptors (Lipinski definition) is 6. The second-order valence-electron chi connectivity index (χ2n) is 7.97. The normalized spacial score (nSPS) is 16.3. The Hall–Kier alpha value is -2.91. The van der Waals surface area contributed by atoms with Gasteiger partial charge in [-0.05, 0) is 35.9 Å². The van der Waals surface area contributed by atoms with E-state index in [1.807, 2.05) is 23.1 Å². The van der Waals surface area contributed by atoms with Crippen molar-refractivity contribution in [3.63, 3.8) is 0 Å². The first-order chi connectivity index (χ1) is 15.6. The summed E-state index contributed by atoms with van der Waals surface area (Å²) in [6.45, 7) is 4.76. The fourth-order valence-corrected chi connectivity index (χ4v) is 4.45. The van der Waals surface area contributed by atoms with Crippen LogP contribution in [0.3, 0.4) is 0 Å². The van der Waals surface area contributed by atoms with E-state index in [2.05, 4.69) is 31.9 Å². The van der Waals surface area contributed by atoms with E-state index in [4.69, 9.17) is 9.47 Å². The molecule has 0 saturated carbocycles. The summed E-state index contributed by atoms with van der Waals surface area (Å²) in [6, 6.07) is 11.4. The molecule has 1 fully saturated rings. The Kier molecular flexibility index (Phi) is 5.84. The fraction of sp³-hybridized carbons (Fsp3) is 0.348. The Labute approximate surface area is 193 Å². The lowest BCUT2D eigenvalue weighted by molar-refractivity contribution is -0.133. The number of fused-ring (bicyclic) bond motifs is 2. The third kappa shape index (κ3) is 4.35. The number of benzene rings is 2. The zero-order valence-electron chi connectivity index (χ0n) is 17.5. The molecule has 1 amide bonds. The van der Waals surface area contributed by atoms with Gasteiger partial charge < -0.3 is 14.4 Å². The Morgan fingerprint density at radius 3 is 2.59 bits per heavy atom. The van der Waals surface area contributed by atoms with Crippen LogP contribution < -0.4 is 15.0 Å². The van der Waals surface area contributed by atoms with Gasteiger partial charge in [0.25, 0.3) is 5.56 Å². The smallest absolute Gasteiger partial charge is 0.261 e. The lowest BCUT2D eigenvalue weighted by Gasteiger charge is -2.35. The van der Waals surface area contributed by atoms with Crippen molar-refractivity contribution in [2.75, 3.05) is 39.4 Å². The second kappa shape index (κ2) is 8.91. The zero-order chi connectivity index (χ0) is 22.1. The predicted molar refractivity (Wildman–Crippen MR) is 123 cm³/mol. The maximum atomic E-state index is 12.8.